The predicted molar refractivity (Wildman–Crippen MR) is 68.2 cm³/mol. The highest BCUT2D eigenvalue weighted by atomic mass is 16.7. The zero-order valence-electron chi connectivity index (χ0n) is 11.5. The van der Waals surface area contributed by atoms with Crippen molar-refractivity contribution in [1.29, 1.82) is 0 Å². The molecule has 0 amide bonds. The van der Waals surface area contributed by atoms with E-state index in [1.807, 2.05) is 0 Å². The molecule has 0 aliphatic carbocycles. The largest absolute Gasteiger partial charge is 0.461 e. The van der Waals surface area contributed by atoms with Crippen molar-refractivity contribution in [3.05, 3.63) is 35.4 Å². The second-order valence-electron chi connectivity index (χ2n) is 4.03. The number of hydrogen-bond acceptors (Lipinski definition) is 6. The second kappa shape index (κ2) is 7.28. The molecule has 0 aromatic heterocycles. The van der Waals surface area contributed by atoms with Crippen LogP contribution in [-0.2, 0) is 35.2 Å². The van der Waals surface area contributed by atoms with E-state index in [4.69, 9.17) is 14.2 Å². The molecule has 0 fully saturated rings. The maximum Gasteiger partial charge on any atom is 0.305 e. The normalized spacial score (nSPS) is 10.0. The summed E-state index contributed by atoms with van der Waals surface area (Å²) in [5.41, 5.74) is 1.05. The Morgan fingerprint density at radius 1 is 0.950 bits per heavy atom. The van der Waals surface area contributed by atoms with E-state index < -0.39 is 24.2 Å². The third kappa shape index (κ3) is 5.09. The maximum atomic E-state index is 11.1. The number of rotatable bonds is 5. The molecular formula is C14H16O6. The van der Waals surface area contributed by atoms with Crippen molar-refractivity contribution >= 4 is 17.9 Å². The van der Waals surface area contributed by atoms with Crippen molar-refractivity contribution < 1.29 is 28.6 Å². The van der Waals surface area contributed by atoms with E-state index >= 15 is 0 Å². The van der Waals surface area contributed by atoms with Crippen LogP contribution in [0.1, 0.15) is 38.2 Å². The Hall–Kier alpha value is -2.37. The van der Waals surface area contributed by atoms with Gasteiger partial charge in [-0.2, -0.15) is 0 Å². The van der Waals surface area contributed by atoms with E-state index in [0.717, 1.165) is 0 Å². The quantitative estimate of drug-likeness (QED) is 0.605. The smallest absolute Gasteiger partial charge is 0.305 e. The molecule has 108 valence electrons. The van der Waals surface area contributed by atoms with Crippen LogP contribution in [0.5, 0.6) is 0 Å². The summed E-state index contributed by atoms with van der Waals surface area (Å²) in [6.45, 7) is 3.72. The van der Waals surface area contributed by atoms with E-state index in [2.05, 4.69) is 0 Å². The molecule has 0 N–H and O–H groups in total. The number of benzene rings is 1. The van der Waals surface area contributed by atoms with Crippen molar-refractivity contribution in [2.24, 2.45) is 0 Å². The highest BCUT2D eigenvalue weighted by Crippen LogP contribution is 2.24. The fourth-order valence-corrected chi connectivity index (χ4v) is 1.53. The van der Waals surface area contributed by atoms with Crippen LogP contribution < -0.4 is 0 Å². The molecule has 6 heteroatoms. The average molecular weight is 280 g/mol. The zero-order valence-corrected chi connectivity index (χ0v) is 11.5. The van der Waals surface area contributed by atoms with Crippen LogP contribution in [0.3, 0.4) is 0 Å². The Morgan fingerprint density at radius 3 is 2.00 bits per heavy atom. The number of esters is 3. The fourth-order valence-electron chi connectivity index (χ4n) is 1.53. The van der Waals surface area contributed by atoms with Crippen molar-refractivity contribution in [2.75, 3.05) is 0 Å². The third-order valence-electron chi connectivity index (χ3n) is 2.29. The summed E-state index contributed by atoms with van der Waals surface area (Å²) in [5, 5.41) is 0. The van der Waals surface area contributed by atoms with Gasteiger partial charge in [0, 0.05) is 31.9 Å². The van der Waals surface area contributed by atoms with Crippen LogP contribution in [0.2, 0.25) is 0 Å². The maximum absolute atomic E-state index is 11.1. The van der Waals surface area contributed by atoms with Gasteiger partial charge >= 0.3 is 17.9 Å². The Morgan fingerprint density at radius 2 is 1.50 bits per heavy atom. The van der Waals surface area contributed by atoms with E-state index in [1.54, 1.807) is 24.3 Å². The number of ether oxygens (including phenoxy) is 3. The molecule has 20 heavy (non-hydrogen) atoms. The summed E-state index contributed by atoms with van der Waals surface area (Å²) in [6, 6.07) is 6.77. The van der Waals surface area contributed by atoms with Gasteiger partial charge < -0.3 is 14.2 Å². The molecular weight excluding hydrogens is 264 g/mol. The van der Waals surface area contributed by atoms with E-state index in [0.29, 0.717) is 11.1 Å². The first-order chi connectivity index (χ1) is 9.40. The van der Waals surface area contributed by atoms with Crippen LogP contribution in [0.4, 0.5) is 0 Å². The molecule has 0 saturated carbocycles. The van der Waals surface area contributed by atoms with Gasteiger partial charge in [0.15, 0.2) is 0 Å². The zero-order chi connectivity index (χ0) is 15.1. The van der Waals surface area contributed by atoms with E-state index in [-0.39, 0.29) is 6.61 Å². The van der Waals surface area contributed by atoms with Gasteiger partial charge in [0.05, 0.1) is 0 Å². The minimum absolute atomic E-state index is 0.00450. The van der Waals surface area contributed by atoms with Crippen molar-refractivity contribution in [2.45, 2.75) is 33.7 Å². The first-order valence-corrected chi connectivity index (χ1v) is 5.95. The van der Waals surface area contributed by atoms with Gasteiger partial charge in [-0.3, -0.25) is 14.4 Å². The molecule has 0 bridgehead atoms. The number of carbonyl (C=O) groups excluding carboxylic acids is 3. The Balaban J connectivity index is 3.01. The molecule has 1 aromatic rings. The molecule has 1 aromatic carbocycles. The summed E-state index contributed by atoms with van der Waals surface area (Å²) in [7, 11) is 0. The molecule has 1 rings (SSSR count). The first-order valence-electron chi connectivity index (χ1n) is 5.95. The molecule has 0 aliphatic rings. The molecule has 0 heterocycles. The third-order valence-corrected chi connectivity index (χ3v) is 2.29. The summed E-state index contributed by atoms with van der Waals surface area (Å²) in [6.07, 6.45) is -1.16. The molecule has 0 radical (unpaired) electrons. The van der Waals surface area contributed by atoms with Gasteiger partial charge in [-0.15, -0.1) is 0 Å². The second-order valence-corrected chi connectivity index (χ2v) is 4.03. The van der Waals surface area contributed by atoms with Crippen molar-refractivity contribution in [1.82, 2.24) is 0 Å². The summed E-state index contributed by atoms with van der Waals surface area (Å²) in [4.78, 5) is 33.0. The van der Waals surface area contributed by atoms with Crippen LogP contribution >= 0.6 is 0 Å². The SMILES string of the molecule is CC(=O)OCc1ccccc1C(OC(C)=O)OC(C)=O. The Bertz CT molecular complexity index is 492. The lowest BCUT2D eigenvalue weighted by Gasteiger charge is -2.19. The molecule has 0 aliphatic heterocycles. The van der Waals surface area contributed by atoms with Gasteiger partial charge in [-0.05, 0) is 0 Å². The van der Waals surface area contributed by atoms with E-state index in [1.165, 1.54) is 20.8 Å². The number of hydrogen-bond donors (Lipinski definition) is 0. The van der Waals surface area contributed by atoms with Crippen LogP contribution in [0.25, 0.3) is 0 Å². The van der Waals surface area contributed by atoms with Crippen molar-refractivity contribution in [3.8, 4) is 0 Å². The fraction of sp³-hybridized carbons (Fsp3) is 0.357. The van der Waals surface area contributed by atoms with Gasteiger partial charge in [0.2, 0.25) is 0 Å². The monoisotopic (exact) mass is 280 g/mol. The Kier molecular flexibility index (Phi) is 5.71. The van der Waals surface area contributed by atoms with Gasteiger partial charge in [0.25, 0.3) is 6.29 Å². The van der Waals surface area contributed by atoms with Crippen LogP contribution in [0.15, 0.2) is 24.3 Å². The predicted octanol–water partition coefficient (Wildman–Crippen LogP) is 1.87. The molecule has 0 saturated heterocycles. The van der Waals surface area contributed by atoms with Gasteiger partial charge in [0.1, 0.15) is 6.61 Å². The summed E-state index contributed by atoms with van der Waals surface area (Å²) in [5.74, 6) is -1.60. The lowest BCUT2D eigenvalue weighted by Crippen LogP contribution is -2.17. The minimum atomic E-state index is -1.16. The molecule has 0 atom stereocenters. The molecule has 0 unspecified atom stereocenters. The lowest BCUT2D eigenvalue weighted by molar-refractivity contribution is -0.186. The average Bonchev–Trinajstić information content (AvgIpc) is 2.34. The number of carbonyl (C=O) groups is 3. The van der Waals surface area contributed by atoms with Crippen LogP contribution in [0, 0.1) is 0 Å². The van der Waals surface area contributed by atoms with Gasteiger partial charge in [-0.1, -0.05) is 24.3 Å². The summed E-state index contributed by atoms with van der Waals surface area (Å²) >= 11 is 0. The molecule has 0 spiro atoms. The lowest BCUT2D eigenvalue weighted by atomic mass is 10.1. The topological polar surface area (TPSA) is 78.9 Å². The Labute approximate surface area is 116 Å². The van der Waals surface area contributed by atoms with E-state index in [9.17, 15) is 14.4 Å². The highest BCUT2D eigenvalue weighted by Gasteiger charge is 2.21. The highest BCUT2D eigenvalue weighted by molar-refractivity contribution is 5.68. The first kappa shape index (κ1) is 15.7. The van der Waals surface area contributed by atoms with Crippen LogP contribution in [-0.4, -0.2) is 17.9 Å². The van der Waals surface area contributed by atoms with Crippen molar-refractivity contribution in [3.63, 3.8) is 0 Å². The minimum Gasteiger partial charge on any atom is -0.461 e. The summed E-state index contributed by atoms with van der Waals surface area (Å²) < 4.78 is 14.9. The van der Waals surface area contributed by atoms with Gasteiger partial charge in [-0.25, -0.2) is 0 Å². The molecule has 6 nitrogen and oxygen atoms in total. The standard InChI is InChI=1S/C14H16O6/c1-9(15)18-8-12-6-4-5-7-13(12)14(19-10(2)16)20-11(3)17/h4-7,14H,8H2,1-3H3.